The zero-order valence-electron chi connectivity index (χ0n) is 8.53. The number of hydrogen-bond acceptors (Lipinski definition) is 3. The fourth-order valence-electron chi connectivity index (χ4n) is 1.16. The molecule has 0 radical (unpaired) electrons. The molecule has 1 N–H and O–H groups in total. The molecule has 0 fully saturated rings. The van der Waals surface area contributed by atoms with E-state index < -0.39 is 0 Å². The van der Waals surface area contributed by atoms with Gasteiger partial charge in [-0.15, -0.1) is 0 Å². The first kappa shape index (κ1) is 10.1. The van der Waals surface area contributed by atoms with E-state index in [1.165, 1.54) is 0 Å². The predicted molar refractivity (Wildman–Crippen MR) is 58.7 cm³/mol. The zero-order chi connectivity index (χ0) is 10.8. The Morgan fingerprint density at radius 3 is 2.67 bits per heavy atom. The van der Waals surface area contributed by atoms with Crippen molar-refractivity contribution in [1.29, 1.82) is 0 Å². The number of rotatable bonds is 2. The number of aromatic nitrogens is 4. The summed E-state index contributed by atoms with van der Waals surface area (Å²) in [5.41, 5.74) is 0.725. The number of hydrogen-bond donors (Lipinski definition) is 1. The Morgan fingerprint density at radius 1 is 1.33 bits per heavy atom. The van der Waals surface area contributed by atoms with E-state index in [4.69, 9.17) is 11.6 Å². The van der Waals surface area contributed by atoms with Crippen molar-refractivity contribution < 1.29 is 0 Å². The second-order valence-electron chi connectivity index (χ2n) is 3.56. The van der Waals surface area contributed by atoms with Crippen molar-refractivity contribution in [2.24, 2.45) is 0 Å². The fourth-order valence-corrected chi connectivity index (χ4v) is 1.27. The Morgan fingerprint density at radius 2 is 2.13 bits per heavy atom. The molecular weight excluding hydrogens is 212 g/mol. The lowest BCUT2D eigenvalue weighted by Crippen LogP contribution is -1.89. The van der Waals surface area contributed by atoms with E-state index in [1.807, 2.05) is 0 Å². The van der Waals surface area contributed by atoms with E-state index >= 15 is 0 Å². The first-order chi connectivity index (χ1) is 7.16. The van der Waals surface area contributed by atoms with Crippen molar-refractivity contribution in [3.8, 4) is 11.5 Å². The van der Waals surface area contributed by atoms with Crippen LogP contribution in [-0.2, 0) is 0 Å². The molecule has 0 unspecified atom stereocenters. The summed E-state index contributed by atoms with van der Waals surface area (Å²) in [5, 5.41) is 7.59. The van der Waals surface area contributed by atoms with Crippen LogP contribution >= 0.6 is 11.6 Å². The second-order valence-corrected chi connectivity index (χ2v) is 4.00. The lowest BCUT2D eigenvalue weighted by molar-refractivity contribution is 0.781. The summed E-state index contributed by atoms with van der Waals surface area (Å²) in [6.07, 6.45) is 1.59. The van der Waals surface area contributed by atoms with E-state index in [9.17, 15) is 0 Å². The highest BCUT2D eigenvalue weighted by atomic mass is 35.5. The van der Waals surface area contributed by atoms with Crippen molar-refractivity contribution in [3.63, 3.8) is 0 Å². The predicted octanol–water partition coefficient (Wildman–Crippen LogP) is 2.64. The van der Waals surface area contributed by atoms with Gasteiger partial charge in [0.25, 0.3) is 0 Å². The van der Waals surface area contributed by atoms with Crippen LogP contribution in [0, 0.1) is 0 Å². The standard InChI is InChI=1S/C10H11ClN4/c1-6(2)9-13-10(15-14-9)8-4-3-7(11)5-12-8/h3-6H,1-2H3,(H,13,14,15). The van der Waals surface area contributed by atoms with Crippen LogP contribution in [0.5, 0.6) is 0 Å². The van der Waals surface area contributed by atoms with E-state index in [0.29, 0.717) is 16.8 Å². The number of nitrogens with zero attached hydrogens (tertiary/aromatic N) is 3. The van der Waals surface area contributed by atoms with Gasteiger partial charge >= 0.3 is 0 Å². The molecule has 2 heterocycles. The molecule has 0 aliphatic heterocycles. The molecule has 0 aliphatic carbocycles. The number of pyridine rings is 1. The molecule has 2 aromatic heterocycles. The largest absolute Gasteiger partial charge is 0.262 e. The SMILES string of the molecule is CC(C)c1nc(-c2ccc(Cl)cn2)n[nH]1. The first-order valence-electron chi connectivity index (χ1n) is 4.71. The zero-order valence-corrected chi connectivity index (χ0v) is 9.28. The summed E-state index contributed by atoms with van der Waals surface area (Å²) in [6.45, 7) is 4.11. The van der Waals surface area contributed by atoms with Crippen molar-refractivity contribution >= 4 is 11.6 Å². The summed E-state index contributed by atoms with van der Waals surface area (Å²) >= 11 is 5.74. The topological polar surface area (TPSA) is 54.5 Å². The van der Waals surface area contributed by atoms with Crippen LogP contribution in [0.1, 0.15) is 25.6 Å². The van der Waals surface area contributed by atoms with Crippen LogP contribution < -0.4 is 0 Å². The Balaban J connectivity index is 2.33. The van der Waals surface area contributed by atoms with E-state index in [2.05, 4.69) is 34.0 Å². The lowest BCUT2D eigenvalue weighted by atomic mass is 10.2. The second kappa shape index (κ2) is 3.98. The van der Waals surface area contributed by atoms with Gasteiger partial charge in [0.1, 0.15) is 11.5 Å². The smallest absolute Gasteiger partial charge is 0.199 e. The minimum Gasteiger partial charge on any atom is -0.262 e. The lowest BCUT2D eigenvalue weighted by Gasteiger charge is -1.95. The molecule has 2 aromatic rings. The normalized spacial score (nSPS) is 10.9. The van der Waals surface area contributed by atoms with Crippen molar-refractivity contribution in [2.75, 3.05) is 0 Å². The monoisotopic (exact) mass is 222 g/mol. The molecule has 0 saturated carbocycles. The molecule has 4 nitrogen and oxygen atoms in total. The number of aromatic amines is 1. The molecule has 0 amide bonds. The van der Waals surface area contributed by atoms with Gasteiger partial charge in [-0.05, 0) is 12.1 Å². The van der Waals surface area contributed by atoms with Gasteiger partial charge in [-0.1, -0.05) is 25.4 Å². The van der Waals surface area contributed by atoms with Crippen LogP contribution in [0.3, 0.4) is 0 Å². The summed E-state index contributed by atoms with van der Waals surface area (Å²) in [6, 6.07) is 3.57. The van der Waals surface area contributed by atoms with E-state index in [-0.39, 0.29) is 0 Å². The Bertz CT molecular complexity index is 447. The highest BCUT2D eigenvalue weighted by Gasteiger charge is 2.08. The van der Waals surface area contributed by atoms with Gasteiger partial charge in [0.05, 0.1) is 5.02 Å². The average molecular weight is 223 g/mol. The van der Waals surface area contributed by atoms with Crippen LogP contribution in [0.15, 0.2) is 18.3 Å². The fraction of sp³-hybridized carbons (Fsp3) is 0.300. The van der Waals surface area contributed by atoms with Crippen molar-refractivity contribution in [3.05, 3.63) is 29.2 Å². The molecule has 0 bridgehead atoms. The summed E-state index contributed by atoms with van der Waals surface area (Å²) in [4.78, 5) is 8.48. The van der Waals surface area contributed by atoms with Crippen molar-refractivity contribution in [2.45, 2.75) is 19.8 Å². The quantitative estimate of drug-likeness (QED) is 0.850. The van der Waals surface area contributed by atoms with Gasteiger partial charge in [-0.2, -0.15) is 5.10 Å². The van der Waals surface area contributed by atoms with Gasteiger partial charge < -0.3 is 0 Å². The molecule has 15 heavy (non-hydrogen) atoms. The third-order valence-corrected chi connectivity index (χ3v) is 2.23. The van der Waals surface area contributed by atoms with E-state index in [0.717, 1.165) is 11.5 Å². The van der Waals surface area contributed by atoms with Crippen LogP contribution in [-0.4, -0.2) is 20.2 Å². The average Bonchev–Trinajstić information content (AvgIpc) is 2.68. The third-order valence-electron chi connectivity index (χ3n) is 2.01. The Hall–Kier alpha value is -1.42. The molecule has 0 saturated heterocycles. The minimum absolute atomic E-state index is 0.332. The minimum atomic E-state index is 0.332. The maximum Gasteiger partial charge on any atom is 0.199 e. The molecular formula is C10H11ClN4. The molecule has 2 rings (SSSR count). The molecule has 0 aromatic carbocycles. The van der Waals surface area contributed by atoms with Crippen LogP contribution in [0.4, 0.5) is 0 Å². The van der Waals surface area contributed by atoms with Gasteiger partial charge in [0.2, 0.25) is 0 Å². The van der Waals surface area contributed by atoms with Crippen LogP contribution in [0.25, 0.3) is 11.5 Å². The highest BCUT2D eigenvalue weighted by Crippen LogP contribution is 2.16. The molecule has 0 atom stereocenters. The number of halogens is 1. The molecule has 78 valence electrons. The third kappa shape index (κ3) is 2.15. The molecule has 0 aliphatic rings. The summed E-state index contributed by atoms with van der Waals surface area (Å²) in [5.74, 6) is 1.80. The maximum absolute atomic E-state index is 5.74. The first-order valence-corrected chi connectivity index (χ1v) is 5.09. The number of H-pyrrole nitrogens is 1. The van der Waals surface area contributed by atoms with Gasteiger partial charge in [-0.25, -0.2) is 4.98 Å². The van der Waals surface area contributed by atoms with Crippen LogP contribution in [0.2, 0.25) is 5.02 Å². The van der Waals surface area contributed by atoms with Gasteiger partial charge in [0, 0.05) is 12.1 Å². The summed E-state index contributed by atoms with van der Waals surface area (Å²) in [7, 11) is 0. The van der Waals surface area contributed by atoms with Crippen molar-refractivity contribution in [1.82, 2.24) is 20.2 Å². The Kier molecular flexibility index (Phi) is 2.68. The van der Waals surface area contributed by atoms with Gasteiger partial charge in [0.15, 0.2) is 5.82 Å². The highest BCUT2D eigenvalue weighted by molar-refractivity contribution is 6.30. The Labute approximate surface area is 92.7 Å². The molecule has 0 spiro atoms. The van der Waals surface area contributed by atoms with E-state index in [1.54, 1.807) is 18.3 Å². The molecule has 5 heteroatoms. The van der Waals surface area contributed by atoms with Gasteiger partial charge in [-0.3, -0.25) is 10.1 Å². The number of nitrogens with one attached hydrogen (secondary N) is 1. The summed E-state index contributed by atoms with van der Waals surface area (Å²) < 4.78 is 0. The maximum atomic E-state index is 5.74.